The Balaban J connectivity index is 2.17. The van der Waals surface area contributed by atoms with Crippen LogP contribution in [0, 0.1) is 17.3 Å². The standard InChI is InChI=1S/C10H19N/c1-7-4-5-8-9(2,3)10(8,11)6-7/h7-8H,4-6,11H2,1-3H3. The molecule has 1 heteroatoms. The first-order valence-electron chi connectivity index (χ1n) is 4.77. The molecule has 64 valence electrons. The molecule has 0 aliphatic heterocycles. The van der Waals surface area contributed by atoms with Crippen molar-refractivity contribution >= 4 is 0 Å². The average Bonchev–Trinajstić information content (AvgIpc) is 2.26. The minimum Gasteiger partial charge on any atom is -0.324 e. The molecule has 0 heterocycles. The fourth-order valence-electron chi connectivity index (χ4n) is 3.16. The molecule has 2 saturated carbocycles. The number of hydrogen-bond acceptors (Lipinski definition) is 1. The minimum absolute atomic E-state index is 0.213. The largest absolute Gasteiger partial charge is 0.324 e. The summed E-state index contributed by atoms with van der Waals surface area (Å²) in [5, 5.41) is 0. The van der Waals surface area contributed by atoms with E-state index in [4.69, 9.17) is 5.73 Å². The maximum absolute atomic E-state index is 6.32. The van der Waals surface area contributed by atoms with Crippen LogP contribution >= 0.6 is 0 Å². The Morgan fingerprint density at radius 1 is 1.27 bits per heavy atom. The summed E-state index contributed by atoms with van der Waals surface area (Å²) in [4.78, 5) is 0. The lowest BCUT2D eigenvalue weighted by Crippen LogP contribution is -2.33. The number of hydrogen-bond donors (Lipinski definition) is 1. The van der Waals surface area contributed by atoms with Crippen LogP contribution in [0.4, 0.5) is 0 Å². The first-order valence-corrected chi connectivity index (χ1v) is 4.77. The van der Waals surface area contributed by atoms with E-state index in [1.54, 1.807) is 0 Å². The van der Waals surface area contributed by atoms with Crippen LogP contribution in [0.2, 0.25) is 0 Å². The zero-order valence-corrected chi connectivity index (χ0v) is 7.85. The summed E-state index contributed by atoms with van der Waals surface area (Å²) < 4.78 is 0. The molecule has 2 rings (SSSR count). The van der Waals surface area contributed by atoms with Crippen molar-refractivity contribution in [3.8, 4) is 0 Å². The molecule has 1 nitrogen and oxygen atoms in total. The third kappa shape index (κ3) is 0.752. The molecular weight excluding hydrogens is 134 g/mol. The second kappa shape index (κ2) is 1.82. The summed E-state index contributed by atoms with van der Waals surface area (Å²) in [5.41, 5.74) is 6.98. The molecule has 2 N–H and O–H groups in total. The first-order chi connectivity index (χ1) is 4.98. The normalized spacial score (nSPS) is 53.5. The van der Waals surface area contributed by atoms with E-state index in [-0.39, 0.29) is 5.54 Å². The van der Waals surface area contributed by atoms with E-state index in [1.165, 1.54) is 19.3 Å². The maximum Gasteiger partial charge on any atom is 0.0246 e. The molecule has 2 fully saturated rings. The molecule has 0 saturated heterocycles. The van der Waals surface area contributed by atoms with E-state index in [2.05, 4.69) is 20.8 Å². The van der Waals surface area contributed by atoms with Crippen molar-refractivity contribution in [2.45, 2.75) is 45.6 Å². The number of nitrogens with two attached hydrogens (primary N) is 1. The zero-order valence-electron chi connectivity index (χ0n) is 7.85. The van der Waals surface area contributed by atoms with Crippen LogP contribution in [0.1, 0.15) is 40.0 Å². The van der Waals surface area contributed by atoms with Gasteiger partial charge in [-0.05, 0) is 30.1 Å². The van der Waals surface area contributed by atoms with Gasteiger partial charge in [0, 0.05) is 5.54 Å². The Bertz CT molecular complexity index is 185. The molecule has 0 spiro atoms. The van der Waals surface area contributed by atoms with Crippen molar-refractivity contribution in [3.63, 3.8) is 0 Å². The molecule has 0 aromatic rings. The molecule has 0 amide bonds. The first kappa shape index (κ1) is 7.60. The molecule has 0 radical (unpaired) electrons. The Kier molecular flexibility index (Phi) is 1.26. The Morgan fingerprint density at radius 3 is 2.36 bits per heavy atom. The molecule has 0 bridgehead atoms. The van der Waals surface area contributed by atoms with Crippen molar-refractivity contribution in [2.24, 2.45) is 23.0 Å². The fourth-order valence-corrected chi connectivity index (χ4v) is 3.16. The molecular formula is C10H19N. The smallest absolute Gasteiger partial charge is 0.0246 e. The van der Waals surface area contributed by atoms with Crippen molar-refractivity contribution in [3.05, 3.63) is 0 Å². The predicted octanol–water partition coefficient (Wildman–Crippen LogP) is 2.16. The van der Waals surface area contributed by atoms with Gasteiger partial charge in [0.05, 0.1) is 0 Å². The second-order valence-corrected chi connectivity index (χ2v) is 5.20. The molecule has 11 heavy (non-hydrogen) atoms. The minimum atomic E-state index is 0.213. The van der Waals surface area contributed by atoms with Crippen LogP contribution in [0.3, 0.4) is 0 Å². The molecule has 0 aromatic carbocycles. The molecule has 2 aliphatic rings. The van der Waals surface area contributed by atoms with Gasteiger partial charge >= 0.3 is 0 Å². The number of rotatable bonds is 0. The van der Waals surface area contributed by atoms with Gasteiger partial charge in [-0.25, -0.2) is 0 Å². The predicted molar refractivity (Wildman–Crippen MR) is 47.2 cm³/mol. The van der Waals surface area contributed by atoms with Gasteiger partial charge in [0.1, 0.15) is 0 Å². The Morgan fingerprint density at radius 2 is 1.91 bits per heavy atom. The van der Waals surface area contributed by atoms with Crippen LogP contribution in [0.5, 0.6) is 0 Å². The van der Waals surface area contributed by atoms with Gasteiger partial charge < -0.3 is 5.73 Å². The third-order valence-electron chi connectivity index (χ3n) is 4.24. The van der Waals surface area contributed by atoms with Gasteiger partial charge in [-0.1, -0.05) is 27.2 Å². The highest BCUT2D eigenvalue weighted by molar-refractivity contribution is 5.24. The van der Waals surface area contributed by atoms with E-state index >= 15 is 0 Å². The fraction of sp³-hybridized carbons (Fsp3) is 1.00. The highest BCUT2D eigenvalue weighted by Crippen LogP contribution is 2.67. The van der Waals surface area contributed by atoms with E-state index in [1.807, 2.05) is 0 Å². The quantitative estimate of drug-likeness (QED) is 0.567. The highest BCUT2D eigenvalue weighted by atomic mass is 15.0. The summed E-state index contributed by atoms with van der Waals surface area (Å²) in [6.07, 6.45) is 4.02. The van der Waals surface area contributed by atoms with Crippen molar-refractivity contribution in [1.82, 2.24) is 0 Å². The summed E-state index contributed by atoms with van der Waals surface area (Å²) in [6.45, 7) is 6.99. The Hall–Kier alpha value is -0.0400. The SMILES string of the molecule is CC1CCC2C(C)(C)C2(N)C1. The van der Waals surface area contributed by atoms with Gasteiger partial charge in [0.2, 0.25) is 0 Å². The number of fused-ring (bicyclic) bond motifs is 1. The van der Waals surface area contributed by atoms with Gasteiger partial charge in [-0.15, -0.1) is 0 Å². The van der Waals surface area contributed by atoms with E-state index in [9.17, 15) is 0 Å². The van der Waals surface area contributed by atoms with Crippen molar-refractivity contribution in [2.75, 3.05) is 0 Å². The van der Waals surface area contributed by atoms with Crippen LogP contribution in [-0.4, -0.2) is 5.54 Å². The van der Waals surface area contributed by atoms with Crippen LogP contribution in [-0.2, 0) is 0 Å². The van der Waals surface area contributed by atoms with E-state index in [0.717, 1.165) is 11.8 Å². The topological polar surface area (TPSA) is 26.0 Å². The maximum atomic E-state index is 6.32. The summed E-state index contributed by atoms with van der Waals surface area (Å²) in [6, 6.07) is 0. The second-order valence-electron chi connectivity index (χ2n) is 5.20. The van der Waals surface area contributed by atoms with Crippen LogP contribution in [0.15, 0.2) is 0 Å². The summed E-state index contributed by atoms with van der Waals surface area (Å²) in [5.74, 6) is 1.68. The lowest BCUT2D eigenvalue weighted by atomic mass is 9.87. The van der Waals surface area contributed by atoms with Crippen molar-refractivity contribution in [1.29, 1.82) is 0 Å². The van der Waals surface area contributed by atoms with Crippen molar-refractivity contribution < 1.29 is 0 Å². The lowest BCUT2D eigenvalue weighted by molar-refractivity contribution is 0.329. The monoisotopic (exact) mass is 153 g/mol. The summed E-state index contributed by atoms with van der Waals surface area (Å²) in [7, 11) is 0. The van der Waals surface area contributed by atoms with Gasteiger partial charge in [-0.3, -0.25) is 0 Å². The molecule has 3 unspecified atom stereocenters. The lowest BCUT2D eigenvalue weighted by Gasteiger charge is -2.23. The molecule has 2 aliphatic carbocycles. The molecule has 0 aromatic heterocycles. The van der Waals surface area contributed by atoms with Gasteiger partial charge in [0.25, 0.3) is 0 Å². The third-order valence-corrected chi connectivity index (χ3v) is 4.24. The average molecular weight is 153 g/mol. The molecule has 3 atom stereocenters. The summed E-state index contributed by atoms with van der Waals surface area (Å²) >= 11 is 0. The van der Waals surface area contributed by atoms with E-state index < -0.39 is 0 Å². The van der Waals surface area contributed by atoms with E-state index in [0.29, 0.717) is 5.41 Å². The highest BCUT2D eigenvalue weighted by Gasteiger charge is 2.69. The Labute approximate surface area is 69.4 Å². The van der Waals surface area contributed by atoms with Gasteiger partial charge in [0.15, 0.2) is 0 Å². The zero-order chi connectivity index (χ0) is 8.28. The van der Waals surface area contributed by atoms with Gasteiger partial charge in [-0.2, -0.15) is 0 Å². The van der Waals surface area contributed by atoms with Crippen LogP contribution < -0.4 is 5.73 Å². The van der Waals surface area contributed by atoms with Crippen LogP contribution in [0.25, 0.3) is 0 Å².